The molecule has 96 valence electrons. The van der Waals surface area contributed by atoms with Crippen LogP contribution in [-0.4, -0.2) is 36.8 Å². The fourth-order valence-electron chi connectivity index (χ4n) is 1.89. The zero-order valence-corrected chi connectivity index (χ0v) is 10.6. The van der Waals surface area contributed by atoms with Crippen LogP contribution < -0.4 is 0 Å². The molecule has 0 aliphatic carbocycles. The zero-order valence-electron chi connectivity index (χ0n) is 10.6. The maximum atomic E-state index is 13.7. The summed E-state index contributed by atoms with van der Waals surface area (Å²) in [4.78, 5) is 2.12. The average Bonchev–Trinajstić information content (AvgIpc) is 2.29. The van der Waals surface area contributed by atoms with Gasteiger partial charge in [-0.25, -0.2) is 4.39 Å². The summed E-state index contributed by atoms with van der Waals surface area (Å²) >= 11 is 0. The molecule has 1 atom stereocenters. The summed E-state index contributed by atoms with van der Waals surface area (Å²) in [5, 5.41) is 9.18. The molecule has 0 fully saturated rings. The molecule has 1 aromatic rings. The standard InChI is InChI=1S/C13H20FNO2/c1-4-15(7-8-17-3)10(2)12-6-5-11(16)9-13(12)14/h5-6,9-10,16H,4,7-8H2,1-3H3. The van der Waals surface area contributed by atoms with Gasteiger partial charge in [-0.3, -0.25) is 4.90 Å². The number of likely N-dealkylation sites (N-methyl/N-ethyl adjacent to an activating group) is 1. The highest BCUT2D eigenvalue weighted by Gasteiger charge is 2.17. The van der Waals surface area contributed by atoms with Crippen molar-refractivity contribution in [2.45, 2.75) is 19.9 Å². The molecule has 0 aliphatic heterocycles. The van der Waals surface area contributed by atoms with Crippen molar-refractivity contribution in [3.63, 3.8) is 0 Å². The van der Waals surface area contributed by atoms with Crippen LogP contribution in [0.4, 0.5) is 4.39 Å². The third-order valence-corrected chi connectivity index (χ3v) is 2.97. The summed E-state index contributed by atoms with van der Waals surface area (Å²) in [6.45, 7) is 6.19. The fourth-order valence-corrected chi connectivity index (χ4v) is 1.89. The van der Waals surface area contributed by atoms with E-state index in [4.69, 9.17) is 4.74 Å². The van der Waals surface area contributed by atoms with Crippen molar-refractivity contribution in [1.29, 1.82) is 0 Å². The quantitative estimate of drug-likeness (QED) is 0.830. The fraction of sp³-hybridized carbons (Fsp3) is 0.538. The first kappa shape index (κ1) is 13.9. The number of aromatic hydroxyl groups is 1. The number of benzene rings is 1. The first-order valence-corrected chi connectivity index (χ1v) is 5.81. The monoisotopic (exact) mass is 241 g/mol. The van der Waals surface area contributed by atoms with Crippen LogP contribution in [0.15, 0.2) is 18.2 Å². The lowest BCUT2D eigenvalue weighted by molar-refractivity contribution is 0.127. The summed E-state index contributed by atoms with van der Waals surface area (Å²) in [6.07, 6.45) is 0. The Hall–Kier alpha value is -1.13. The molecule has 0 aliphatic rings. The lowest BCUT2D eigenvalue weighted by Crippen LogP contribution is -2.30. The molecule has 17 heavy (non-hydrogen) atoms. The minimum absolute atomic E-state index is 0.0317. The predicted octanol–water partition coefficient (Wildman–Crippen LogP) is 2.56. The SMILES string of the molecule is CCN(CCOC)C(C)c1ccc(O)cc1F. The van der Waals surface area contributed by atoms with Gasteiger partial charge in [0, 0.05) is 31.3 Å². The summed E-state index contributed by atoms with van der Waals surface area (Å²) in [5.74, 6) is -0.410. The van der Waals surface area contributed by atoms with Crippen molar-refractivity contribution in [3.8, 4) is 5.75 Å². The number of hydrogen-bond acceptors (Lipinski definition) is 3. The molecule has 0 heterocycles. The first-order valence-electron chi connectivity index (χ1n) is 5.81. The smallest absolute Gasteiger partial charge is 0.131 e. The van der Waals surface area contributed by atoms with Crippen LogP contribution in [0.2, 0.25) is 0 Å². The molecule has 1 N–H and O–H groups in total. The van der Waals surface area contributed by atoms with Gasteiger partial charge < -0.3 is 9.84 Å². The summed E-state index contributed by atoms with van der Waals surface area (Å²) < 4.78 is 18.7. The van der Waals surface area contributed by atoms with E-state index in [1.165, 1.54) is 6.07 Å². The Morgan fingerprint density at radius 3 is 2.71 bits per heavy atom. The Balaban J connectivity index is 2.81. The molecule has 0 amide bonds. The van der Waals surface area contributed by atoms with E-state index < -0.39 is 0 Å². The van der Waals surface area contributed by atoms with Crippen LogP contribution >= 0.6 is 0 Å². The Morgan fingerprint density at radius 1 is 1.47 bits per heavy atom. The minimum Gasteiger partial charge on any atom is -0.508 e. The van der Waals surface area contributed by atoms with Crippen molar-refractivity contribution in [1.82, 2.24) is 4.90 Å². The molecule has 0 saturated heterocycles. The minimum atomic E-state index is -0.367. The number of methoxy groups -OCH3 is 1. The van der Waals surface area contributed by atoms with Gasteiger partial charge in [0.2, 0.25) is 0 Å². The molecule has 1 unspecified atom stereocenters. The third kappa shape index (κ3) is 3.68. The lowest BCUT2D eigenvalue weighted by atomic mass is 10.1. The molecule has 1 aromatic carbocycles. The van der Waals surface area contributed by atoms with Gasteiger partial charge in [-0.1, -0.05) is 13.0 Å². The molecule has 3 nitrogen and oxygen atoms in total. The van der Waals surface area contributed by atoms with Crippen molar-refractivity contribution >= 4 is 0 Å². The number of hydrogen-bond donors (Lipinski definition) is 1. The van der Waals surface area contributed by atoms with Gasteiger partial charge in [0.05, 0.1) is 6.61 Å². The van der Waals surface area contributed by atoms with Crippen molar-refractivity contribution in [2.24, 2.45) is 0 Å². The molecule has 0 spiro atoms. The van der Waals surface area contributed by atoms with Crippen molar-refractivity contribution < 1.29 is 14.2 Å². The molecule has 0 saturated carbocycles. The number of nitrogens with zero attached hydrogens (tertiary/aromatic N) is 1. The van der Waals surface area contributed by atoms with Crippen molar-refractivity contribution in [3.05, 3.63) is 29.6 Å². The Bertz CT molecular complexity index is 357. The van der Waals surface area contributed by atoms with Crippen LogP contribution in [0, 0.1) is 5.82 Å². The Morgan fingerprint density at radius 2 is 2.18 bits per heavy atom. The number of phenolic OH excluding ortho intramolecular Hbond substituents is 1. The van der Waals surface area contributed by atoms with E-state index in [-0.39, 0.29) is 17.6 Å². The predicted molar refractivity (Wildman–Crippen MR) is 65.6 cm³/mol. The van der Waals surface area contributed by atoms with Crippen LogP contribution in [0.3, 0.4) is 0 Å². The molecule has 0 aromatic heterocycles. The van der Waals surface area contributed by atoms with Gasteiger partial charge in [0.25, 0.3) is 0 Å². The number of halogens is 1. The van der Waals surface area contributed by atoms with E-state index in [0.717, 1.165) is 19.2 Å². The van der Waals surface area contributed by atoms with Gasteiger partial charge in [0.15, 0.2) is 0 Å². The van der Waals surface area contributed by atoms with E-state index in [1.54, 1.807) is 13.2 Å². The number of ether oxygens (including phenoxy) is 1. The zero-order chi connectivity index (χ0) is 12.8. The summed E-state index contributed by atoms with van der Waals surface area (Å²) in [5.41, 5.74) is 0.598. The first-order chi connectivity index (χ1) is 8.10. The maximum Gasteiger partial charge on any atom is 0.131 e. The molecule has 4 heteroatoms. The van der Waals surface area contributed by atoms with Gasteiger partial charge in [0.1, 0.15) is 11.6 Å². The van der Waals surface area contributed by atoms with Crippen molar-refractivity contribution in [2.75, 3.05) is 26.8 Å². The van der Waals surface area contributed by atoms with Crippen LogP contribution in [0.1, 0.15) is 25.5 Å². The second kappa shape index (κ2) is 6.57. The number of phenols is 1. The van der Waals surface area contributed by atoms with E-state index in [9.17, 15) is 9.50 Å². The largest absolute Gasteiger partial charge is 0.508 e. The second-order valence-corrected chi connectivity index (χ2v) is 4.00. The van der Waals surface area contributed by atoms with E-state index in [1.807, 2.05) is 13.8 Å². The van der Waals surface area contributed by atoms with Gasteiger partial charge >= 0.3 is 0 Å². The average molecular weight is 241 g/mol. The van der Waals surface area contributed by atoms with Crippen LogP contribution in [-0.2, 0) is 4.74 Å². The number of rotatable bonds is 6. The topological polar surface area (TPSA) is 32.7 Å². The Kier molecular flexibility index (Phi) is 5.38. The van der Waals surface area contributed by atoms with E-state index in [2.05, 4.69) is 4.90 Å². The second-order valence-electron chi connectivity index (χ2n) is 4.00. The summed E-state index contributed by atoms with van der Waals surface area (Å²) in [6, 6.07) is 4.26. The highest BCUT2D eigenvalue weighted by Crippen LogP contribution is 2.25. The molecule has 1 rings (SSSR count). The van der Waals surface area contributed by atoms with E-state index >= 15 is 0 Å². The highest BCUT2D eigenvalue weighted by atomic mass is 19.1. The Labute approximate surface area is 102 Å². The molecular weight excluding hydrogens is 221 g/mol. The van der Waals surface area contributed by atoms with Crippen LogP contribution in [0.5, 0.6) is 5.75 Å². The lowest BCUT2D eigenvalue weighted by Gasteiger charge is -2.28. The summed E-state index contributed by atoms with van der Waals surface area (Å²) in [7, 11) is 1.65. The van der Waals surface area contributed by atoms with Gasteiger partial charge in [-0.2, -0.15) is 0 Å². The molecule has 0 radical (unpaired) electrons. The highest BCUT2D eigenvalue weighted by molar-refractivity contribution is 5.29. The normalized spacial score (nSPS) is 13.0. The van der Waals surface area contributed by atoms with Crippen LogP contribution in [0.25, 0.3) is 0 Å². The van der Waals surface area contributed by atoms with E-state index in [0.29, 0.717) is 12.2 Å². The van der Waals surface area contributed by atoms with Gasteiger partial charge in [-0.05, 0) is 19.5 Å². The molecule has 0 bridgehead atoms. The molecular formula is C13H20FNO2. The maximum absolute atomic E-state index is 13.7. The van der Waals surface area contributed by atoms with Gasteiger partial charge in [-0.15, -0.1) is 0 Å². The third-order valence-electron chi connectivity index (χ3n) is 2.97.